The number of hydrogen-bond acceptors (Lipinski definition) is 2. The van der Waals surface area contributed by atoms with Crippen molar-refractivity contribution in [2.45, 2.75) is 0 Å². The van der Waals surface area contributed by atoms with Crippen LogP contribution in [0.3, 0.4) is 0 Å². The standard InChI is InChI=1S/C11H10N2/c1-12-6-10-8-13-7-9-4-2-3-5-11(9)10/h2-8H,1H3. The zero-order valence-electron chi connectivity index (χ0n) is 7.44. The summed E-state index contributed by atoms with van der Waals surface area (Å²) in [4.78, 5) is 8.13. The summed E-state index contributed by atoms with van der Waals surface area (Å²) in [6, 6.07) is 8.16. The zero-order chi connectivity index (χ0) is 9.10. The largest absolute Gasteiger partial charge is 0.296 e. The van der Waals surface area contributed by atoms with Gasteiger partial charge in [0.2, 0.25) is 0 Å². The SMILES string of the molecule is CN=Cc1cncc2ccccc12. The van der Waals surface area contributed by atoms with E-state index in [9.17, 15) is 0 Å². The van der Waals surface area contributed by atoms with Gasteiger partial charge in [-0.2, -0.15) is 0 Å². The minimum Gasteiger partial charge on any atom is -0.296 e. The van der Waals surface area contributed by atoms with Crippen molar-refractivity contribution in [3.8, 4) is 0 Å². The van der Waals surface area contributed by atoms with Gasteiger partial charge in [0.25, 0.3) is 0 Å². The lowest BCUT2D eigenvalue weighted by atomic mass is 10.1. The third-order valence-electron chi connectivity index (χ3n) is 1.97. The van der Waals surface area contributed by atoms with Gasteiger partial charge in [-0.3, -0.25) is 9.98 Å². The number of fused-ring (bicyclic) bond motifs is 1. The molecule has 0 saturated carbocycles. The van der Waals surface area contributed by atoms with Gasteiger partial charge in [-0.1, -0.05) is 24.3 Å². The van der Waals surface area contributed by atoms with E-state index in [4.69, 9.17) is 0 Å². The van der Waals surface area contributed by atoms with Gasteiger partial charge >= 0.3 is 0 Å². The van der Waals surface area contributed by atoms with Gasteiger partial charge in [0, 0.05) is 36.6 Å². The Balaban J connectivity index is 2.75. The van der Waals surface area contributed by atoms with Crippen molar-refractivity contribution in [2.24, 2.45) is 4.99 Å². The molecule has 0 aliphatic heterocycles. The van der Waals surface area contributed by atoms with Gasteiger partial charge in [0.05, 0.1) is 0 Å². The molecule has 1 aromatic heterocycles. The lowest BCUT2D eigenvalue weighted by molar-refractivity contribution is 1.35. The quantitative estimate of drug-likeness (QED) is 0.603. The van der Waals surface area contributed by atoms with Crippen LogP contribution in [0.2, 0.25) is 0 Å². The van der Waals surface area contributed by atoms with E-state index in [1.807, 2.05) is 30.7 Å². The maximum Gasteiger partial charge on any atom is 0.0362 e. The highest BCUT2D eigenvalue weighted by molar-refractivity contribution is 5.98. The predicted molar refractivity (Wildman–Crippen MR) is 55.3 cm³/mol. The Morgan fingerprint density at radius 3 is 2.92 bits per heavy atom. The summed E-state index contributed by atoms with van der Waals surface area (Å²) in [5.74, 6) is 0. The molecule has 0 amide bonds. The first-order valence-corrected chi connectivity index (χ1v) is 4.17. The molecule has 2 nitrogen and oxygen atoms in total. The van der Waals surface area contributed by atoms with Crippen molar-refractivity contribution >= 4 is 17.0 Å². The van der Waals surface area contributed by atoms with Gasteiger partial charge in [-0.05, 0) is 5.39 Å². The van der Waals surface area contributed by atoms with E-state index < -0.39 is 0 Å². The van der Waals surface area contributed by atoms with E-state index in [-0.39, 0.29) is 0 Å². The molecule has 0 aliphatic carbocycles. The number of nitrogens with zero attached hydrogens (tertiary/aromatic N) is 2. The summed E-state index contributed by atoms with van der Waals surface area (Å²) in [5.41, 5.74) is 1.07. The van der Waals surface area contributed by atoms with Crippen LogP contribution in [0.25, 0.3) is 10.8 Å². The molecule has 0 spiro atoms. The summed E-state index contributed by atoms with van der Waals surface area (Å²) in [6.45, 7) is 0. The van der Waals surface area contributed by atoms with Gasteiger partial charge in [0.15, 0.2) is 0 Å². The van der Waals surface area contributed by atoms with Gasteiger partial charge in [0.1, 0.15) is 0 Å². The lowest BCUT2D eigenvalue weighted by Gasteiger charge is -1.99. The summed E-state index contributed by atoms with van der Waals surface area (Å²) < 4.78 is 0. The van der Waals surface area contributed by atoms with Crippen molar-refractivity contribution < 1.29 is 0 Å². The van der Waals surface area contributed by atoms with Crippen LogP contribution in [0, 0.1) is 0 Å². The smallest absolute Gasteiger partial charge is 0.0362 e. The molecule has 64 valence electrons. The maximum absolute atomic E-state index is 4.14. The van der Waals surface area contributed by atoms with Gasteiger partial charge in [-0.15, -0.1) is 0 Å². The summed E-state index contributed by atoms with van der Waals surface area (Å²) in [6.07, 6.45) is 5.52. The number of rotatable bonds is 1. The Morgan fingerprint density at radius 2 is 2.08 bits per heavy atom. The summed E-state index contributed by atoms with van der Waals surface area (Å²) >= 11 is 0. The minimum atomic E-state index is 1.07. The molecule has 0 N–H and O–H groups in total. The van der Waals surface area contributed by atoms with Crippen LogP contribution in [0.5, 0.6) is 0 Å². The Hall–Kier alpha value is -1.70. The van der Waals surface area contributed by atoms with Crippen LogP contribution in [-0.2, 0) is 0 Å². The molecular weight excluding hydrogens is 160 g/mol. The first kappa shape index (κ1) is 7.92. The number of benzene rings is 1. The molecule has 1 heterocycles. The number of pyridine rings is 1. The molecule has 0 atom stereocenters. The van der Waals surface area contributed by atoms with Crippen molar-refractivity contribution in [3.05, 3.63) is 42.2 Å². The third kappa shape index (κ3) is 1.43. The second kappa shape index (κ2) is 3.35. The molecule has 0 fully saturated rings. The normalized spacial score (nSPS) is 11.2. The van der Waals surface area contributed by atoms with Crippen molar-refractivity contribution in [1.29, 1.82) is 0 Å². The Morgan fingerprint density at radius 1 is 1.23 bits per heavy atom. The first-order chi connectivity index (χ1) is 6.42. The second-order valence-corrected chi connectivity index (χ2v) is 2.84. The molecule has 0 aliphatic rings. The fourth-order valence-electron chi connectivity index (χ4n) is 1.38. The van der Waals surface area contributed by atoms with Gasteiger partial charge < -0.3 is 0 Å². The van der Waals surface area contributed by atoms with Gasteiger partial charge in [-0.25, -0.2) is 0 Å². The zero-order valence-corrected chi connectivity index (χ0v) is 7.44. The third-order valence-corrected chi connectivity index (χ3v) is 1.97. The van der Waals surface area contributed by atoms with E-state index in [1.54, 1.807) is 7.05 Å². The van der Waals surface area contributed by atoms with Crippen LogP contribution in [0.1, 0.15) is 5.56 Å². The highest BCUT2D eigenvalue weighted by Gasteiger charge is 1.96. The van der Waals surface area contributed by atoms with E-state index in [1.165, 1.54) is 5.39 Å². The van der Waals surface area contributed by atoms with Crippen LogP contribution >= 0.6 is 0 Å². The van der Waals surface area contributed by atoms with E-state index in [0.29, 0.717) is 0 Å². The van der Waals surface area contributed by atoms with Crippen LogP contribution < -0.4 is 0 Å². The maximum atomic E-state index is 4.14. The fourth-order valence-corrected chi connectivity index (χ4v) is 1.38. The molecule has 0 unspecified atom stereocenters. The highest BCUT2D eigenvalue weighted by atomic mass is 14.7. The highest BCUT2D eigenvalue weighted by Crippen LogP contribution is 2.14. The summed E-state index contributed by atoms with van der Waals surface area (Å²) in [7, 11) is 1.77. The van der Waals surface area contributed by atoms with E-state index in [2.05, 4.69) is 22.1 Å². The molecule has 2 rings (SSSR count). The first-order valence-electron chi connectivity index (χ1n) is 4.17. The average Bonchev–Trinajstić information content (AvgIpc) is 2.19. The van der Waals surface area contributed by atoms with Crippen LogP contribution in [0.4, 0.5) is 0 Å². The van der Waals surface area contributed by atoms with Crippen molar-refractivity contribution in [3.63, 3.8) is 0 Å². The predicted octanol–water partition coefficient (Wildman–Crippen LogP) is 2.28. The Labute approximate surface area is 77.0 Å². The Bertz CT molecular complexity index is 441. The number of hydrogen-bond donors (Lipinski definition) is 0. The lowest BCUT2D eigenvalue weighted by Crippen LogP contribution is -1.85. The number of aliphatic imine (C=N–C) groups is 1. The monoisotopic (exact) mass is 170 g/mol. The van der Waals surface area contributed by atoms with Crippen molar-refractivity contribution in [1.82, 2.24) is 4.98 Å². The molecule has 0 saturated heterocycles. The second-order valence-electron chi connectivity index (χ2n) is 2.84. The van der Waals surface area contributed by atoms with E-state index >= 15 is 0 Å². The average molecular weight is 170 g/mol. The Kier molecular flexibility index (Phi) is 2.04. The topological polar surface area (TPSA) is 25.2 Å². The van der Waals surface area contributed by atoms with Crippen LogP contribution in [0.15, 0.2) is 41.7 Å². The molecular formula is C11H10N2. The molecule has 1 aromatic carbocycles. The molecule has 13 heavy (non-hydrogen) atoms. The fraction of sp³-hybridized carbons (Fsp3) is 0.0909. The summed E-state index contributed by atoms with van der Waals surface area (Å²) in [5, 5.41) is 2.35. The number of aromatic nitrogens is 1. The van der Waals surface area contributed by atoms with Crippen molar-refractivity contribution in [2.75, 3.05) is 7.05 Å². The van der Waals surface area contributed by atoms with E-state index in [0.717, 1.165) is 10.9 Å². The minimum absolute atomic E-state index is 1.07. The van der Waals surface area contributed by atoms with Crippen LogP contribution in [-0.4, -0.2) is 18.2 Å². The molecule has 2 aromatic rings. The molecule has 2 heteroatoms. The molecule has 0 bridgehead atoms. The molecule has 0 radical (unpaired) electrons.